The van der Waals surface area contributed by atoms with E-state index in [4.69, 9.17) is 11.6 Å². The summed E-state index contributed by atoms with van der Waals surface area (Å²) in [4.78, 5) is 12.2. The number of carbonyl (C=O) groups is 1. The van der Waals surface area contributed by atoms with Crippen molar-refractivity contribution in [1.29, 1.82) is 0 Å². The normalized spacial score (nSPS) is 24.1. The summed E-state index contributed by atoms with van der Waals surface area (Å²) in [6.45, 7) is 0.942. The van der Waals surface area contributed by atoms with Crippen molar-refractivity contribution >= 4 is 17.5 Å². The summed E-state index contributed by atoms with van der Waals surface area (Å²) in [5.74, 6) is -0.289. The maximum atomic E-state index is 12.2. The minimum atomic E-state index is -0.222. The van der Waals surface area contributed by atoms with Crippen molar-refractivity contribution in [3.63, 3.8) is 0 Å². The summed E-state index contributed by atoms with van der Waals surface area (Å²) >= 11 is 5.78. The first-order valence-electron chi connectivity index (χ1n) is 7.12. The van der Waals surface area contributed by atoms with Crippen molar-refractivity contribution < 1.29 is 9.90 Å². The smallest absolute Gasteiger partial charge is 0.255 e. The van der Waals surface area contributed by atoms with Gasteiger partial charge >= 0.3 is 0 Å². The van der Waals surface area contributed by atoms with Crippen molar-refractivity contribution in [1.82, 2.24) is 10.6 Å². The van der Waals surface area contributed by atoms with E-state index in [2.05, 4.69) is 10.6 Å². The SMILES string of the molecule is O=C(NC1CCNC2(CCC2)C1)c1ccc(Cl)cc1O. The van der Waals surface area contributed by atoms with Crippen molar-refractivity contribution in [3.05, 3.63) is 28.8 Å². The minimum Gasteiger partial charge on any atom is -0.507 e. The van der Waals surface area contributed by atoms with Crippen LogP contribution in [0.15, 0.2) is 18.2 Å². The topological polar surface area (TPSA) is 61.4 Å². The zero-order chi connectivity index (χ0) is 14.2. The van der Waals surface area contributed by atoms with Crippen LogP contribution in [0.4, 0.5) is 0 Å². The van der Waals surface area contributed by atoms with Crippen molar-refractivity contribution in [2.45, 2.75) is 43.7 Å². The average molecular weight is 295 g/mol. The van der Waals surface area contributed by atoms with Crippen LogP contribution < -0.4 is 10.6 Å². The molecule has 1 aromatic rings. The van der Waals surface area contributed by atoms with E-state index in [9.17, 15) is 9.90 Å². The van der Waals surface area contributed by atoms with Crippen LogP contribution in [0.5, 0.6) is 5.75 Å². The molecule has 1 atom stereocenters. The summed E-state index contributed by atoms with van der Waals surface area (Å²) in [5, 5.41) is 16.8. The van der Waals surface area contributed by atoms with Crippen molar-refractivity contribution in [2.24, 2.45) is 0 Å². The zero-order valence-corrected chi connectivity index (χ0v) is 12.0. The number of phenols is 1. The molecule has 1 unspecified atom stereocenters. The fourth-order valence-electron chi connectivity index (χ4n) is 3.23. The van der Waals surface area contributed by atoms with Gasteiger partial charge in [0.2, 0.25) is 0 Å². The lowest BCUT2D eigenvalue weighted by Gasteiger charge is -2.48. The maximum absolute atomic E-state index is 12.2. The predicted molar refractivity (Wildman–Crippen MR) is 78.2 cm³/mol. The summed E-state index contributed by atoms with van der Waals surface area (Å²) in [6.07, 6.45) is 5.58. The Balaban J connectivity index is 1.66. The molecule has 1 saturated heterocycles. The monoisotopic (exact) mass is 294 g/mol. The third kappa shape index (κ3) is 2.63. The lowest BCUT2D eigenvalue weighted by atomic mass is 9.70. The number of halogens is 1. The number of amides is 1. The number of carbonyl (C=O) groups excluding carboxylic acids is 1. The van der Waals surface area contributed by atoms with Gasteiger partial charge in [0.25, 0.3) is 5.91 Å². The van der Waals surface area contributed by atoms with Gasteiger partial charge in [-0.05, 0) is 56.8 Å². The molecule has 3 rings (SSSR count). The van der Waals surface area contributed by atoms with Crippen LogP contribution in [-0.2, 0) is 0 Å². The second-order valence-electron chi connectivity index (χ2n) is 5.89. The molecule has 1 saturated carbocycles. The Labute approximate surface area is 123 Å². The van der Waals surface area contributed by atoms with Crippen LogP contribution in [0.25, 0.3) is 0 Å². The van der Waals surface area contributed by atoms with E-state index >= 15 is 0 Å². The number of hydrogen-bond acceptors (Lipinski definition) is 3. The summed E-state index contributed by atoms with van der Waals surface area (Å²) in [6, 6.07) is 4.75. The van der Waals surface area contributed by atoms with Crippen LogP contribution in [0.3, 0.4) is 0 Å². The van der Waals surface area contributed by atoms with E-state index in [1.807, 2.05) is 0 Å². The van der Waals surface area contributed by atoms with Crippen LogP contribution in [0.1, 0.15) is 42.5 Å². The van der Waals surface area contributed by atoms with E-state index in [1.54, 1.807) is 12.1 Å². The van der Waals surface area contributed by atoms with Gasteiger partial charge in [0.15, 0.2) is 0 Å². The van der Waals surface area contributed by atoms with Crippen molar-refractivity contribution in [3.8, 4) is 5.75 Å². The number of aromatic hydroxyl groups is 1. The molecule has 2 aliphatic rings. The first-order chi connectivity index (χ1) is 9.58. The Bertz CT molecular complexity index is 529. The molecule has 2 fully saturated rings. The third-order valence-electron chi connectivity index (χ3n) is 4.48. The van der Waals surface area contributed by atoms with E-state index < -0.39 is 0 Å². The van der Waals surface area contributed by atoms with E-state index in [1.165, 1.54) is 25.3 Å². The van der Waals surface area contributed by atoms with Gasteiger partial charge in [-0.1, -0.05) is 11.6 Å². The van der Waals surface area contributed by atoms with E-state index in [0.29, 0.717) is 5.02 Å². The van der Waals surface area contributed by atoms with Crippen molar-refractivity contribution in [2.75, 3.05) is 6.54 Å². The third-order valence-corrected chi connectivity index (χ3v) is 4.72. The first-order valence-corrected chi connectivity index (χ1v) is 7.50. The summed E-state index contributed by atoms with van der Waals surface area (Å²) < 4.78 is 0. The standard InChI is InChI=1S/C15H19ClN2O2/c16-10-2-3-12(13(19)8-10)14(20)18-11-4-7-17-15(9-11)5-1-6-15/h2-3,8,11,17,19H,1,4-7,9H2,(H,18,20). The van der Waals surface area contributed by atoms with Crippen LogP contribution in [0, 0.1) is 0 Å². The Morgan fingerprint density at radius 2 is 2.25 bits per heavy atom. The molecule has 1 aromatic carbocycles. The molecular formula is C15H19ClN2O2. The van der Waals surface area contributed by atoms with Gasteiger partial charge in [-0.2, -0.15) is 0 Å². The molecule has 5 heteroatoms. The Morgan fingerprint density at radius 3 is 2.90 bits per heavy atom. The quantitative estimate of drug-likeness (QED) is 0.785. The maximum Gasteiger partial charge on any atom is 0.255 e. The highest BCUT2D eigenvalue weighted by Gasteiger charge is 2.41. The molecule has 20 heavy (non-hydrogen) atoms. The Morgan fingerprint density at radius 1 is 1.45 bits per heavy atom. The summed E-state index contributed by atoms with van der Waals surface area (Å²) in [7, 11) is 0. The predicted octanol–water partition coefficient (Wildman–Crippen LogP) is 2.45. The number of rotatable bonds is 2. The second-order valence-corrected chi connectivity index (χ2v) is 6.32. The zero-order valence-electron chi connectivity index (χ0n) is 11.3. The Kier molecular flexibility index (Phi) is 3.61. The molecule has 1 aliphatic heterocycles. The van der Waals surface area contributed by atoms with E-state index in [-0.39, 0.29) is 28.8 Å². The minimum absolute atomic E-state index is 0.0673. The molecule has 108 valence electrons. The number of benzene rings is 1. The van der Waals surface area contributed by atoms with Gasteiger partial charge in [0, 0.05) is 16.6 Å². The first kappa shape index (κ1) is 13.7. The second kappa shape index (κ2) is 5.26. The average Bonchev–Trinajstić information content (AvgIpc) is 2.37. The van der Waals surface area contributed by atoms with Gasteiger partial charge in [0.1, 0.15) is 5.75 Å². The van der Waals surface area contributed by atoms with Gasteiger partial charge in [-0.3, -0.25) is 4.79 Å². The number of hydrogen-bond donors (Lipinski definition) is 3. The Hall–Kier alpha value is -1.26. The fourth-order valence-corrected chi connectivity index (χ4v) is 3.39. The molecule has 1 aliphatic carbocycles. The molecule has 0 bridgehead atoms. The van der Waals surface area contributed by atoms with Gasteiger partial charge in [-0.15, -0.1) is 0 Å². The number of nitrogens with one attached hydrogen (secondary N) is 2. The molecule has 1 spiro atoms. The van der Waals surface area contributed by atoms with Crippen LogP contribution >= 0.6 is 11.6 Å². The lowest BCUT2D eigenvalue weighted by molar-refractivity contribution is 0.0851. The molecule has 0 aromatic heterocycles. The molecule has 1 amide bonds. The fraction of sp³-hybridized carbons (Fsp3) is 0.533. The van der Waals surface area contributed by atoms with Gasteiger partial charge in [-0.25, -0.2) is 0 Å². The molecular weight excluding hydrogens is 276 g/mol. The lowest BCUT2D eigenvalue weighted by Crippen LogP contribution is -2.59. The summed E-state index contributed by atoms with van der Waals surface area (Å²) in [5.41, 5.74) is 0.536. The van der Waals surface area contributed by atoms with Gasteiger partial charge < -0.3 is 15.7 Å². The highest BCUT2D eigenvalue weighted by molar-refractivity contribution is 6.30. The molecule has 0 radical (unpaired) electrons. The number of piperidine rings is 1. The largest absolute Gasteiger partial charge is 0.507 e. The number of phenolic OH excluding ortho intramolecular Hbond substituents is 1. The molecule has 4 nitrogen and oxygen atoms in total. The molecule has 3 N–H and O–H groups in total. The van der Waals surface area contributed by atoms with Crippen LogP contribution in [0.2, 0.25) is 5.02 Å². The van der Waals surface area contributed by atoms with Crippen LogP contribution in [-0.4, -0.2) is 29.1 Å². The molecule has 1 heterocycles. The highest BCUT2D eigenvalue weighted by Crippen LogP contribution is 2.38. The van der Waals surface area contributed by atoms with E-state index in [0.717, 1.165) is 19.4 Å². The highest BCUT2D eigenvalue weighted by atomic mass is 35.5. The van der Waals surface area contributed by atoms with Gasteiger partial charge in [0.05, 0.1) is 5.56 Å².